The van der Waals surface area contributed by atoms with Gasteiger partial charge < -0.3 is 19.9 Å². The van der Waals surface area contributed by atoms with E-state index in [-0.39, 0.29) is 6.03 Å². The fourth-order valence-corrected chi connectivity index (χ4v) is 4.26. The number of hydrogen-bond donors (Lipinski definition) is 1. The predicted molar refractivity (Wildman–Crippen MR) is 136 cm³/mol. The minimum Gasteiger partial charge on any atom is -0.492 e. The highest BCUT2D eigenvalue weighted by molar-refractivity contribution is 5.91. The van der Waals surface area contributed by atoms with Crippen LogP contribution in [0.2, 0.25) is 0 Å². The molecule has 0 bridgehead atoms. The zero-order chi connectivity index (χ0) is 24.1. The Balaban J connectivity index is 1.46. The Morgan fingerprint density at radius 1 is 0.971 bits per heavy atom. The van der Waals surface area contributed by atoms with Crippen molar-refractivity contribution in [2.75, 3.05) is 43.0 Å². The van der Waals surface area contributed by atoms with Crippen molar-refractivity contribution in [1.82, 2.24) is 14.9 Å². The van der Waals surface area contributed by atoms with Gasteiger partial charge in [-0.05, 0) is 45.4 Å². The number of aromatic nitrogens is 2. The summed E-state index contributed by atoms with van der Waals surface area (Å²) in [5, 5.41) is 3.00. The summed E-state index contributed by atoms with van der Waals surface area (Å²) in [6.07, 6.45) is 0.788. The molecule has 2 aromatic carbocycles. The highest BCUT2D eigenvalue weighted by Crippen LogP contribution is 2.27. The van der Waals surface area contributed by atoms with Crippen LogP contribution in [-0.2, 0) is 6.42 Å². The molecule has 2 heterocycles. The number of nitrogens with zero attached hydrogens (tertiary/aromatic N) is 4. The maximum absolute atomic E-state index is 12.9. The van der Waals surface area contributed by atoms with E-state index in [0.717, 1.165) is 42.4 Å². The first-order chi connectivity index (χ1) is 16.4. The van der Waals surface area contributed by atoms with Crippen molar-refractivity contribution in [2.45, 2.75) is 34.1 Å². The van der Waals surface area contributed by atoms with Crippen LogP contribution >= 0.6 is 0 Å². The van der Waals surface area contributed by atoms with Crippen molar-refractivity contribution >= 4 is 17.5 Å². The average molecular weight is 460 g/mol. The number of nitrogens with one attached hydrogen (secondary N) is 1. The third-order valence-electron chi connectivity index (χ3n) is 6.10. The minimum atomic E-state index is -0.110. The van der Waals surface area contributed by atoms with Crippen molar-refractivity contribution < 1.29 is 9.53 Å². The number of carbonyl (C=O) groups excluding carboxylic acids is 1. The predicted octanol–water partition coefficient (Wildman–Crippen LogP) is 4.75. The van der Waals surface area contributed by atoms with Gasteiger partial charge in [0.2, 0.25) is 0 Å². The molecular formula is C27H33N5O2. The molecule has 34 heavy (non-hydrogen) atoms. The van der Waals surface area contributed by atoms with Crippen LogP contribution in [-0.4, -0.2) is 53.7 Å². The standard InChI is InChI=1S/C27H33N5O2/c1-5-34-25-9-7-6-8-24(25)30-27(33)32-16-14-31(15-17-32)26-23(20(3)28-21(4)29-26)18-22-12-10-19(2)11-13-22/h6-13H,5,14-18H2,1-4H3,(H,30,33). The number of para-hydroxylation sites is 2. The number of urea groups is 1. The highest BCUT2D eigenvalue weighted by Gasteiger charge is 2.25. The van der Waals surface area contributed by atoms with Crippen molar-refractivity contribution in [3.63, 3.8) is 0 Å². The Kier molecular flexibility index (Phi) is 7.30. The lowest BCUT2D eigenvalue weighted by Gasteiger charge is -2.36. The third-order valence-corrected chi connectivity index (χ3v) is 6.10. The lowest BCUT2D eigenvalue weighted by molar-refractivity contribution is 0.208. The summed E-state index contributed by atoms with van der Waals surface area (Å²) in [7, 11) is 0. The van der Waals surface area contributed by atoms with Crippen LogP contribution in [0.3, 0.4) is 0 Å². The first kappa shape index (κ1) is 23.5. The molecule has 2 amide bonds. The van der Waals surface area contributed by atoms with Crippen LogP contribution < -0.4 is 15.0 Å². The molecule has 1 aromatic heterocycles. The molecule has 178 valence electrons. The molecule has 0 radical (unpaired) electrons. The molecule has 1 aliphatic rings. The minimum absolute atomic E-state index is 0.110. The molecule has 1 aliphatic heterocycles. The molecule has 4 rings (SSSR count). The van der Waals surface area contributed by atoms with Gasteiger partial charge in [-0.25, -0.2) is 14.8 Å². The molecule has 7 nitrogen and oxygen atoms in total. The number of piperazine rings is 1. The first-order valence-electron chi connectivity index (χ1n) is 11.9. The van der Waals surface area contributed by atoms with Crippen LogP contribution in [0.25, 0.3) is 0 Å². The van der Waals surface area contributed by atoms with Crippen molar-refractivity contribution in [2.24, 2.45) is 0 Å². The van der Waals surface area contributed by atoms with Gasteiger partial charge in [0.05, 0.1) is 12.3 Å². The summed E-state index contributed by atoms with van der Waals surface area (Å²) in [6.45, 7) is 11.3. The van der Waals surface area contributed by atoms with Crippen LogP contribution in [0, 0.1) is 20.8 Å². The van der Waals surface area contributed by atoms with Gasteiger partial charge in [0.25, 0.3) is 0 Å². The van der Waals surface area contributed by atoms with Gasteiger partial charge in [0.15, 0.2) is 0 Å². The zero-order valence-corrected chi connectivity index (χ0v) is 20.5. The number of hydrogen-bond acceptors (Lipinski definition) is 5. The Labute approximate surface area is 201 Å². The summed E-state index contributed by atoms with van der Waals surface area (Å²) in [6, 6.07) is 16.0. The number of benzene rings is 2. The molecular weight excluding hydrogens is 426 g/mol. The molecule has 0 unspecified atom stereocenters. The van der Waals surface area contributed by atoms with Crippen molar-refractivity contribution in [3.05, 3.63) is 76.7 Å². The van der Waals surface area contributed by atoms with E-state index in [4.69, 9.17) is 9.72 Å². The fourth-order valence-electron chi connectivity index (χ4n) is 4.26. The molecule has 0 spiro atoms. The molecule has 0 aliphatic carbocycles. The summed E-state index contributed by atoms with van der Waals surface area (Å²) >= 11 is 0. The van der Waals surface area contributed by atoms with Gasteiger partial charge in [0, 0.05) is 43.9 Å². The largest absolute Gasteiger partial charge is 0.492 e. The van der Waals surface area contributed by atoms with Crippen LogP contribution in [0.5, 0.6) is 5.75 Å². The van der Waals surface area contributed by atoms with Gasteiger partial charge in [-0.15, -0.1) is 0 Å². The third kappa shape index (κ3) is 5.47. The smallest absolute Gasteiger partial charge is 0.322 e. The van der Waals surface area contributed by atoms with Crippen LogP contribution in [0.4, 0.5) is 16.3 Å². The van der Waals surface area contributed by atoms with E-state index in [9.17, 15) is 4.79 Å². The number of anilines is 2. The maximum atomic E-state index is 12.9. The van der Waals surface area contributed by atoms with Crippen molar-refractivity contribution in [1.29, 1.82) is 0 Å². The van der Waals surface area contributed by atoms with Gasteiger partial charge in [-0.2, -0.15) is 0 Å². The van der Waals surface area contributed by atoms with Gasteiger partial charge >= 0.3 is 6.03 Å². The maximum Gasteiger partial charge on any atom is 0.322 e. The quantitative estimate of drug-likeness (QED) is 0.576. The Morgan fingerprint density at radius 3 is 2.38 bits per heavy atom. The lowest BCUT2D eigenvalue weighted by atomic mass is 10.0. The molecule has 3 aromatic rings. The topological polar surface area (TPSA) is 70.6 Å². The monoisotopic (exact) mass is 459 g/mol. The molecule has 1 N–H and O–H groups in total. The molecule has 1 saturated heterocycles. The molecule has 0 atom stereocenters. The van der Waals surface area contributed by atoms with Gasteiger partial charge in [-0.1, -0.05) is 42.0 Å². The number of aryl methyl sites for hydroxylation is 3. The zero-order valence-electron chi connectivity index (χ0n) is 20.5. The number of ether oxygens (including phenoxy) is 1. The number of amides is 2. The van der Waals surface area contributed by atoms with E-state index < -0.39 is 0 Å². The fraction of sp³-hybridized carbons (Fsp3) is 0.370. The van der Waals surface area contributed by atoms with E-state index >= 15 is 0 Å². The SMILES string of the molecule is CCOc1ccccc1NC(=O)N1CCN(c2nc(C)nc(C)c2Cc2ccc(C)cc2)CC1. The Hall–Kier alpha value is -3.61. The number of rotatable bonds is 6. The summed E-state index contributed by atoms with van der Waals surface area (Å²) < 4.78 is 5.64. The van der Waals surface area contributed by atoms with Gasteiger partial charge in [-0.3, -0.25) is 0 Å². The summed E-state index contributed by atoms with van der Waals surface area (Å²) in [5.74, 6) is 2.44. The second-order valence-corrected chi connectivity index (χ2v) is 8.65. The Bertz CT molecular complexity index is 1140. The Morgan fingerprint density at radius 2 is 1.68 bits per heavy atom. The van der Waals surface area contributed by atoms with E-state index in [1.807, 2.05) is 43.0 Å². The van der Waals surface area contributed by atoms with Crippen LogP contribution in [0.15, 0.2) is 48.5 Å². The molecule has 7 heteroatoms. The average Bonchev–Trinajstić information content (AvgIpc) is 2.83. The van der Waals surface area contributed by atoms with E-state index in [1.54, 1.807) is 0 Å². The second kappa shape index (κ2) is 10.5. The van der Waals surface area contributed by atoms with E-state index in [0.29, 0.717) is 31.1 Å². The second-order valence-electron chi connectivity index (χ2n) is 8.65. The van der Waals surface area contributed by atoms with Crippen LogP contribution in [0.1, 0.15) is 35.1 Å². The van der Waals surface area contributed by atoms with Crippen molar-refractivity contribution in [3.8, 4) is 5.75 Å². The normalized spacial score (nSPS) is 13.6. The van der Waals surface area contributed by atoms with E-state index in [1.165, 1.54) is 11.1 Å². The van der Waals surface area contributed by atoms with Gasteiger partial charge in [0.1, 0.15) is 17.4 Å². The first-order valence-corrected chi connectivity index (χ1v) is 11.9. The molecule has 1 fully saturated rings. The number of carbonyl (C=O) groups is 1. The summed E-state index contributed by atoms with van der Waals surface area (Å²) in [4.78, 5) is 26.5. The molecule has 0 saturated carbocycles. The highest BCUT2D eigenvalue weighted by atomic mass is 16.5. The van der Waals surface area contributed by atoms with E-state index in [2.05, 4.69) is 53.3 Å². The lowest BCUT2D eigenvalue weighted by Crippen LogP contribution is -2.50. The summed E-state index contributed by atoms with van der Waals surface area (Å²) in [5.41, 5.74) is 5.35.